The van der Waals surface area contributed by atoms with Crippen molar-refractivity contribution in [3.05, 3.63) is 54.1 Å². The third-order valence-electron chi connectivity index (χ3n) is 4.35. The largest absolute Gasteiger partial charge is 0.522 e. The lowest BCUT2D eigenvalue weighted by Crippen LogP contribution is -2.34. The molecule has 1 N–H and O–H groups in total. The molecular weight excluding hydrogens is 410 g/mol. The van der Waals surface area contributed by atoms with Gasteiger partial charge in [-0.05, 0) is 31.4 Å². The summed E-state index contributed by atoms with van der Waals surface area (Å²) in [6, 6.07) is 5.41. The van der Waals surface area contributed by atoms with Gasteiger partial charge in [-0.3, -0.25) is 9.53 Å². The van der Waals surface area contributed by atoms with Crippen LogP contribution in [0.25, 0.3) is 0 Å². The molecule has 3 rings (SSSR count). The molecule has 0 atom stereocenters. The van der Waals surface area contributed by atoms with Gasteiger partial charge in [-0.2, -0.15) is 0 Å². The van der Waals surface area contributed by atoms with E-state index in [0.29, 0.717) is 18.5 Å². The van der Waals surface area contributed by atoms with E-state index >= 15 is 0 Å². The Hall–Kier alpha value is -2.95. The number of aryl methyl sites for hydroxylation is 1. The number of nitrogens with zero attached hydrogens (tertiary/aromatic N) is 2. The summed E-state index contributed by atoms with van der Waals surface area (Å²) < 4.78 is 64.1. The van der Waals surface area contributed by atoms with Gasteiger partial charge in [-0.25, -0.2) is 4.39 Å². The average molecular weight is 429 g/mol. The first-order valence-electron chi connectivity index (χ1n) is 9.11. The second-order valence-electron chi connectivity index (χ2n) is 6.79. The van der Waals surface area contributed by atoms with E-state index in [-0.39, 0.29) is 42.9 Å². The number of carbonyl (C=O) groups is 1. The van der Waals surface area contributed by atoms with E-state index in [2.05, 4.69) is 26.8 Å². The van der Waals surface area contributed by atoms with Crippen molar-refractivity contribution in [1.82, 2.24) is 15.5 Å². The Labute approximate surface area is 169 Å². The molecule has 1 aromatic heterocycles. The summed E-state index contributed by atoms with van der Waals surface area (Å²) in [4.78, 5) is 11.9. The number of allylic oxidation sites excluding steroid dienone is 1. The Morgan fingerprint density at radius 3 is 2.77 bits per heavy atom. The fourth-order valence-corrected chi connectivity index (χ4v) is 2.84. The molecule has 1 aliphatic rings. The van der Waals surface area contributed by atoms with Crippen molar-refractivity contribution < 1.29 is 36.2 Å². The monoisotopic (exact) mass is 429 g/mol. The van der Waals surface area contributed by atoms with E-state index < -0.39 is 24.2 Å². The molecule has 7 nitrogen and oxygen atoms in total. The highest BCUT2D eigenvalue weighted by molar-refractivity contribution is 5.79. The van der Waals surface area contributed by atoms with E-state index in [4.69, 9.17) is 9.15 Å². The zero-order valence-corrected chi connectivity index (χ0v) is 15.7. The van der Waals surface area contributed by atoms with Crippen molar-refractivity contribution in [3.8, 4) is 5.75 Å². The number of alkyl halides is 3. The maximum Gasteiger partial charge on any atom is 0.522 e. The molecular formula is C19H19F4N3O4. The quantitative estimate of drug-likeness (QED) is 0.613. The lowest BCUT2D eigenvalue weighted by Gasteiger charge is -2.32. The average Bonchev–Trinajstić information content (AvgIpc) is 3.09. The normalized spacial score (nSPS) is 18.5. The standard InChI is InChI=1S/C19H19F4N3O4/c1-11(24-16(27)10-28-14-4-2-3-13(20)9-14)5-6-17-25-26-18(29-17)12-7-15(8-12)30-19(21,22)23/h2-4,9,12,15H,1,5-8,10H2,(H,24,27). The van der Waals surface area contributed by atoms with E-state index in [0.717, 1.165) is 6.07 Å². The van der Waals surface area contributed by atoms with Gasteiger partial charge in [0.2, 0.25) is 11.8 Å². The molecule has 1 amide bonds. The van der Waals surface area contributed by atoms with Crippen molar-refractivity contribution in [3.63, 3.8) is 0 Å². The molecule has 0 aliphatic heterocycles. The van der Waals surface area contributed by atoms with Crippen LogP contribution < -0.4 is 10.1 Å². The minimum atomic E-state index is -4.65. The topological polar surface area (TPSA) is 86.5 Å². The number of ether oxygens (including phenoxy) is 2. The van der Waals surface area contributed by atoms with E-state index in [1.807, 2.05) is 0 Å². The van der Waals surface area contributed by atoms with Crippen LogP contribution in [0.3, 0.4) is 0 Å². The Bertz CT molecular complexity index is 894. The van der Waals surface area contributed by atoms with Gasteiger partial charge in [0.1, 0.15) is 11.6 Å². The highest BCUT2D eigenvalue weighted by Gasteiger charge is 2.42. The van der Waals surface area contributed by atoms with Crippen molar-refractivity contribution >= 4 is 5.91 Å². The SMILES string of the molecule is C=C(CCc1nnc(C2CC(OC(F)(F)F)C2)o1)NC(=O)COc1cccc(F)c1. The molecule has 0 spiro atoms. The molecule has 0 radical (unpaired) electrons. The molecule has 2 aromatic rings. The van der Waals surface area contributed by atoms with Crippen LogP contribution in [-0.2, 0) is 16.0 Å². The van der Waals surface area contributed by atoms with Crippen LogP contribution in [0.4, 0.5) is 17.6 Å². The van der Waals surface area contributed by atoms with Gasteiger partial charge >= 0.3 is 6.36 Å². The minimum absolute atomic E-state index is 0.162. The number of nitrogens with one attached hydrogen (secondary N) is 1. The molecule has 0 bridgehead atoms. The number of hydrogen-bond acceptors (Lipinski definition) is 6. The zero-order chi connectivity index (χ0) is 21.7. The van der Waals surface area contributed by atoms with Gasteiger partial charge < -0.3 is 14.5 Å². The van der Waals surface area contributed by atoms with E-state index in [9.17, 15) is 22.4 Å². The Morgan fingerprint density at radius 2 is 2.07 bits per heavy atom. The predicted octanol–water partition coefficient (Wildman–Crippen LogP) is 3.63. The molecule has 1 fully saturated rings. The number of amides is 1. The van der Waals surface area contributed by atoms with Crippen LogP contribution in [0.2, 0.25) is 0 Å². The number of carbonyl (C=O) groups excluding carboxylic acids is 1. The summed E-state index contributed by atoms with van der Waals surface area (Å²) >= 11 is 0. The number of benzene rings is 1. The second-order valence-corrected chi connectivity index (χ2v) is 6.79. The first-order chi connectivity index (χ1) is 14.2. The number of aromatic nitrogens is 2. The van der Waals surface area contributed by atoms with Gasteiger partial charge in [0, 0.05) is 24.1 Å². The lowest BCUT2D eigenvalue weighted by atomic mass is 9.82. The van der Waals surface area contributed by atoms with Gasteiger partial charge in [-0.1, -0.05) is 12.6 Å². The smallest absolute Gasteiger partial charge is 0.484 e. The number of rotatable bonds is 9. The summed E-state index contributed by atoms with van der Waals surface area (Å²) in [6.07, 6.45) is -4.60. The predicted molar refractivity (Wildman–Crippen MR) is 94.7 cm³/mol. The third-order valence-corrected chi connectivity index (χ3v) is 4.35. The Kier molecular flexibility index (Phi) is 6.70. The van der Waals surface area contributed by atoms with Crippen LogP contribution in [0.1, 0.15) is 37.0 Å². The van der Waals surface area contributed by atoms with Gasteiger partial charge in [0.05, 0.1) is 6.10 Å². The second kappa shape index (κ2) is 9.24. The molecule has 11 heteroatoms. The highest BCUT2D eigenvalue weighted by Crippen LogP contribution is 2.40. The van der Waals surface area contributed by atoms with E-state index in [1.54, 1.807) is 0 Å². The summed E-state index contributed by atoms with van der Waals surface area (Å²) in [5.41, 5.74) is 0.393. The van der Waals surface area contributed by atoms with Crippen LogP contribution in [0, 0.1) is 5.82 Å². The van der Waals surface area contributed by atoms with Crippen LogP contribution >= 0.6 is 0 Å². The number of hydrogen-bond donors (Lipinski definition) is 1. The molecule has 1 aliphatic carbocycles. The van der Waals surface area contributed by atoms with Gasteiger partial charge in [-0.15, -0.1) is 23.4 Å². The summed E-state index contributed by atoms with van der Waals surface area (Å²) in [5, 5.41) is 10.3. The maximum atomic E-state index is 13.1. The fourth-order valence-electron chi connectivity index (χ4n) is 2.84. The molecule has 1 saturated carbocycles. The van der Waals surface area contributed by atoms with Crippen LogP contribution in [0.5, 0.6) is 5.75 Å². The Balaban J connectivity index is 1.36. The summed E-state index contributed by atoms with van der Waals surface area (Å²) in [7, 11) is 0. The molecule has 30 heavy (non-hydrogen) atoms. The van der Waals surface area contributed by atoms with Crippen LogP contribution in [0.15, 0.2) is 41.0 Å². The highest BCUT2D eigenvalue weighted by atomic mass is 19.4. The summed E-state index contributed by atoms with van der Waals surface area (Å²) in [6.45, 7) is 3.42. The lowest BCUT2D eigenvalue weighted by molar-refractivity contribution is -0.352. The van der Waals surface area contributed by atoms with Gasteiger partial charge in [0.25, 0.3) is 5.91 Å². The first-order valence-corrected chi connectivity index (χ1v) is 9.11. The van der Waals surface area contributed by atoms with Crippen molar-refractivity contribution in [2.75, 3.05) is 6.61 Å². The van der Waals surface area contributed by atoms with Crippen molar-refractivity contribution in [1.29, 1.82) is 0 Å². The summed E-state index contributed by atoms with van der Waals surface area (Å²) in [5.74, 6) is -0.404. The molecule has 1 heterocycles. The third kappa shape index (κ3) is 6.55. The molecule has 0 unspecified atom stereocenters. The first kappa shape index (κ1) is 21.8. The molecule has 1 aromatic carbocycles. The van der Waals surface area contributed by atoms with Crippen LogP contribution in [-0.4, -0.2) is 35.2 Å². The van der Waals surface area contributed by atoms with E-state index in [1.165, 1.54) is 18.2 Å². The minimum Gasteiger partial charge on any atom is -0.484 e. The number of halogens is 4. The van der Waals surface area contributed by atoms with Gasteiger partial charge in [0.15, 0.2) is 6.61 Å². The zero-order valence-electron chi connectivity index (χ0n) is 15.7. The van der Waals surface area contributed by atoms with Crippen molar-refractivity contribution in [2.45, 2.75) is 44.1 Å². The molecule has 0 saturated heterocycles. The Morgan fingerprint density at radius 1 is 1.30 bits per heavy atom. The fraction of sp³-hybridized carbons (Fsp3) is 0.421. The maximum absolute atomic E-state index is 13.1. The van der Waals surface area contributed by atoms with Crippen molar-refractivity contribution in [2.24, 2.45) is 0 Å². The molecule has 162 valence electrons.